The van der Waals surface area contributed by atoms with Gasteiger partial charge < -0.3 is 15.4 Å². The Bertz CT molecular complexity index is 518. The van der Waals surface area contributed by atoms with Crippen molar-refractivity contribution >= 4 is 11.8 Å². The van der Waals surface area contributed by atoms with E-state index in [1.165, 1.54) is 5.56 Å². The Hall–Kier alpha value is -2.04. The lowest BCUT2D eigenvalue weighted by molar-refractivity contribution is -0.124. The molecule has 0 spiro atoms. The molecule has 5 heteroatoms. The molecule has 0 aliphatic carbocycles. The standard InChI is InChI=1S/C19H30N2O3/c1-5-6-15-7-9-16(10-8-15)24-14-18(23)21-12-11-20-17(22)13-19(2,3)4/h7-10H,5-6,11-14H2,1-4H3,(H,20,22)(H,21,23). The smallest absolute Gasteiger partial charge is 0.258 e. The number of rotatable bonds is 9. The molecule has 2 amide bonds. The molecule has 0 bridgehead atoms. The van der Waals surface area contributed by atoms with Crippen LogP contribution in [0.3, 0.4) is 0 Å². The van der Waals surface area contributed by atoms with E-state index in [1.807, 2.05) is 45.0 Å². The second kappa shape index (κ2) is 9.96. The summed E-state index contributed by atoms with van der Waals surface area (Å²) in [4.78, 5) is 23.4. The van der Waals surface area contributed by atoms with E-state index in [0.717, 1.165) is 12.8 Å². The van der Waals surface area contributed by atoms with Crippen LogP contribution in [0.25, 0.3) is 0 Å². The van der Waals surface area contributed by atoms with Gasteiger partial charge in [-0.05, 0) is 29.5 Å². The molecule has 0 heterocycles. The largest absolute Gasteiger partial charge is 0.484 e. The van der Waals surface area contributed by atoms with Gasteiger partial charge in [0.05, 0.1) is 0 Å². The SMILES string of the molecule is CCCc1ccc(OCC(=O)NCCNC(=O)CC(C)(C)C)cc1. The van der Waals surface area contributed by atoms with E-state index in [-0.39, 0.29) is 23.8 Å². The molecule has 0 saturated heterocycles. The van der Waals surface area contributed by atoms with Crippen LogP contribution in [-0.4, -0.2) is 31.5 Å². The maximum absolute atomic E-state index is 11.7. The second-order valence-corrected chi connectivity index (χ2v) is 7.12. The molecule has 134 valence electrons. The zero-order chi connectivity index (χ0) is 18.0. The van der Waals surface area contributed by atoms with E-state index in [1.54, 1.807) is 0 Å². The number of carbonyl (C=O) groups excluding carboxylic acids is 2. The van der Waals surface area contributed by atoms with Crippen molar-refractivity contribution in [1.29, 1.82) is 0 Å². The average Bonchev–Trinajstić information content (AvgIpc) is 2.49. The highest BCUT2D eigenvalue weighted by molar-refractivity contribution is 5.78. The third kappa shape index (κ3) is 9.18. The van der Waals surface area contributed by atoms with Crippen LogP contribution in [0.15, 0.2) is 24.3 Å². The molecular formula is C19H30N2O3. The van der Waals surface area contributed by atoms with Crippen LogP contribution in [0.1, 0.15) is 46.1 Å². The van der Waals surface area contributed by atoms with Gasteiger partial charge in [-0.25, -0.2) is 0 Å². The minimum Gasteiger partial charge on any atom is -0.484 e. The Morgan fingerprint density at radius 1 is 1.00 bits per heavy atom. The summed E-state index contributed by atoms with van der Waals surface area (Å²) < 4.78 is 5.45. The van der Waals surface area contributed by atoms with Crippen molar-refractivity contribution in [3.8, 4) is 5.75 Å². The minimum atomic E-state index is -0.197. The van der Waals surface area contributed by atoms with Crippen molar-refractivity contribution in [1.82, 2.24) is 10.6 Å². The van der Waals surface area contributed by atoms with Gasteiger partial charge in [0, 0.05) is 19.5 Å². The van der Waals surface area contributed by atoms with Gasteiger partial charge in [-0.2, -0.15) is 0 Å². The molecule has 0 unspecified atom stereocenters. The predicted octanol–water partition coefficient (Wildman–Crippen LogP) is 2.69. The lowest BCUT2D eigenvalue weighted by atomic mass is 9.92. The van der Waals surface area contributed by atoms with Gasteiger partial charge >= 0.3 is 0 Å². The van der Waals surface area contributed by atoms with E-state index in [4.69, 9.17) is 4.74 Å². The summed E-state index contributed by atoms with van der Waals surface area (Å²) in [6, 6.07) is 7.79. The molecule has 24 heavy (non-hydrogen) atoms. The summed E-state index contributed by atoms with van der Waals surface area (Å²) in [7, 11) is 0. The molecule has 1 aromatic carbocycles. The highest BCUT2D eigenvalue weighted by atomic mass is 16.5. The summed E-state index contributed by atoms with van der Waals surface area (Å²) in [5.41, 5.74) is 1.23. The lowest BCUT2D eigenvalue weighted by Gasteiger charge is -2.17. The van der Waals surface area contributed by atoms with E-state index in [2.05, 4.69) is 17.6 Å². The van der Waals surface area contributed by atoms with E-state index < -0.39 is 0 Å². The van der Waals surface area contributed by atoms with Gasteiger partial charge in [0.15, 0.2) is 6.61 Å². The van der Waals surface area contributed by atoms with Crippen LogP contribution >= 0.6 is 0 Å². The fourth-order valence-electron chi connectivity index (χ4n) is 2.19. The Balaban J connectivity index is 2.17. The summed E-state index contributed by atoms with van der Waals surface area (Å²) in [5, 5.41) is 5.52. The Kier molecular flexibility index (Phi) is 8.30. The van der Waals surface area contributed by atoms with Crippen molar-refractivity contribution in [2.75, 3.05) is 19.7 Å². The quantitative estimate of drug-likeness (QED) is 0.682. The van der Waals surface area contributed by atoms with Gasteiger partial charge in [0.25, 0.3) is 5.91 Å². The third-order valence-corrected chi connectivity index (χ3v) is 3.29. The fraction of sp³-hybridized carbons (Fsp3) is 0.579. The second-order valence-electron chi connectivity index (χ2n) is 7.12. The first-order valence-corrected chi connectivity index (χ1v) is 8.55. The monoisotopic (exact) mass is 334 g/mol. The molecule has 5 nitrogen and oxygen atoms in total. The van der Waals surface area contributed by atoms with Crippen LogP contribution in [-0.2, 0) is 16.0 Å². The van der Waals surface area contributed by atoms with Crippen molar-refractivity contribution in [2.24, 2.45) is 5.41 Å². The van der Waals surface area contributed by atoms with Crippen LogP contribution in [0.2, 0.25) is 0 Å². The summed E-state index contributed by atoms with van der Waals surface area (Å²) in [5.74, 6) is 0.487. The number of amides is 2. The molecule has 0 aliphatic heterocycles. The van der Waals surface area contributed by atoms with Gasteiger partial charge in [0.1, 0.15) is 5.75 Å². The molecule has 0 aliphatic rings. The number of hydrogen-bond acceptors (Lipinski definition) is 3. The van der Waals surface area contributed by atoms with Crippen molar-refractivity contribution in [3.05, 3.63) is 29.8 Å². The molecular weight excluding hydrogens is 304 g/mol. The van der Waals surface area contributed by atoms with E-state index in [9.17, 15) is 9.59 Å². The molecule has 0 atom stereocenters. The third-order valence-electron chi connectivity index (χ3n) is 3.29. The summed E-state index contributed by atoms with van der Waals surface area (Å²) in [6.45, 7) is 8.98. The Labute approximate surface area is 145 Å². The van der Waals surface area contributed by atoms with Gasteiger partial charge in [-0.15, -0.1) is 0 Å². The Morgan fingerprint density at radius 3 is 2.12 bits per heavy atom. The molecule has 2 N–H and O–H groups in total. The first-order chi connectivity index (χ1) is 11.3. The molecule has 1 rings (SSSR count). The lowest BCUT2D eigenvalue weighted by Crippen LogP contribution is -2.37. The van der Waals surface area contributed by atoms with E-state index >= 15 is 0 Å². The normalized spacial score (nSPS) is 11.0. The van der Waals surface area contributed by atoms with Crippen LogP contribution < -0.4 is 15.4 Å². The summed E-state index contributed by atoms with van der Waals surface area (Å²) >= 11 is 0. The first-order valence-electron chi connectivity index (χ1n) is 8.55. The molecule has 0 saturated carbocycles. The van der Waals surface area contributed by atoms with Gasteiger partial charge in [-0.3, -0.25) is 9.59 Å². The topological polar surface area (TPSA) is 67.4 Å². The zero-order valence-corrected chi connectivity index (χ0v) is 15.3. The number of aryl methyl sites for hydroxylation is 1. The minimum absolute atomic E-state index is 0.000156. The first kappa shape index (κ1) is 20.0. The molecule has 0 fully saturated rings. The number of hydrogen-bond donors (Lipinski definition) is 2. The van der Waals surface area contributed by atoms with Gasteiger partial charge in [-0.1, -0.05) is 46.2 Å². The number of ether oxygens (including phenoxy) is 1. The van der Waals surface area contributed by atoms with Crippen LogP contribution in [0.4, 0.5) is 0 Å². The van der Waals surface area contributed by atoms with Crippen molar-refractivity contribution in [2.45, 2.75) is 47.0 Å². The molecule has 0 aromatic heterocycles. The van der Waals surface area contributed by atoms with Crippen LogP contribution in [0.5, 0.6) is 5.75 Å². The summed E-state index contributed by atoms with van der Waals surface area (Å²) in [6.07, 6.45) is 2.62. The zero-order valence-electron chi connectivity index (χ0n) is 15.3. The highest BCUT2D eigenvalue weighted by Crippen LogP contribution is 2.17. The number of nitrogens with one attached hydrogen (secondary N) is 2. The van der Waals surface area contributed by atoms with E-state index in [0.29, 0.717) is 25.3 Å². The van der Waals surface area contributed by atoms with Crippen LogP contribution in [0, 0.1) is 5.41 Å². The Morgan fingerprint density at radius 2 is 1.58 bits per heavy atom. The number of carbonyl (C=O) groups is 2. The average molecular weight is 334 g/mol. The fourth-order valence-corrected chi connectivity index (χ4v) is 2.19. The van der Waals surface area contributed by atoms with Gasteiger partial charge in [0.2, 0.25) is 5.91 Å². The molecule has 1 aromatic rings. The highest BCUT2D eigenvalue weighted by Gasteiger charge is 2.15. The maximum Gasteiger partial charge on any atom is 0.258 e. The molecule has 0 radical (unpaired) electrons. The number of benzene rings is 1. The maximum atomic E-state index is 11.7. The van der Waals surface area contributed by atoms with Crippen molar-refractivity contribution < 1.29 is 14.3 Å². The van der Waals surface area contributed by atoms with Crippen molar-refractivity contribution in [3.63, 3.8) is 0 Å². The predicted molar refractivity (Wildman–Crippen MR) is 96.0 cm³/mol.